The Morgan fingerprint density at radius 2 is 1.81 bits per heavy atom. The van der Waals surface area contributed by atoms with Crippen LogP contribution in [0.25, 0.3) is 0 Å². The fourth-order valence-electron chi connectivity index (χ4n) is 0.740. The molecule has 0 rings (SSSR count). The van der Waals surface area contributed by atoms with E-state index in [0.29, 0.717) is 0 Å². The van der Waals surface area contributed by atoms with Gasteiger partial charge in [0.1, 0.15) is 0 Å². The minimum atomic E-state index is -2.89. The fourth-order valence-corrected chi connectivity index (χ4v) is 0.740. The second-order valence-electron chi connectivity index (χ2n) is 2.90. The molecular formula is C8H12N2O6. The van der Waals surface area contributed by atoms with Crippen LogP contribution in [0.2, 0.25) is 0 Å². The van der Waals surface area contributed by atoms with E-state index in [1.165, 1.54) is 0 Å². The molecule has 90 valence electrons. The van der Waals surface area contributed by atoms with Crippen molar-refractivity contribution in [1.29, 1.82) is 0 Å². The van der Waals surface area contributed by atoms with Gasteiger partial charge < -0.3 is 20.9 Å². The molecule has 8 heteroatoms. The number of nitrogens with one attached hydrogen (secondary N) is 1. The van der Waals surface area contributed by atoms with E-state index in [0.717, 1.165) is 13.8 Å². The third-order valence-corrected chi connectivity index (χ3v) is 1.55. The van der Waals surface area contributed by atoms with Gasteiger partial charge in [-0.25, -0.2) is 4.79 Å². The number of hydrogen-bond acceptors (Lipinski definition) is 7. The van der Waals surface area contributed by atoms with E-state index in [1.54, 1.807) is 5.32 Å². The molecule has 0 aromatic rings. The van der Waals surface area contributed by atoms with Crippen molar-refractivity contribution in [3.63, 3.8) is 0 Å². The normalized spacial score (nSPS) is 13.5. The average molecular weight is 232 g/mol. The molecule has 0 saturated carbocycles. The zero-order chi connectivity index (χ0) is 12.9. The Morgan fingerprint density at radius 1 is 1.31 bits per heavy atom. The molecule has 4 N–H and O–H groups in total. The number of carbonyl (C=O) groups is 4. The van der Waals surface area contributed by atoms with Gasteiger partial charge in [0.2, 0.25) is 5.91 Å². The van der Waals surface area contributed by atoms with Gasteiger partial charge in [0.15, 0.2) is 5.78 Å². The summed E-state index contributed by atoms with van der Waals surface area (Å²) in [5.74, 6) is -4.64. The van der Waals surface area contributed by atoms with Gasteiger partial charge in [-0.05, 0) is 0 Å². The number of ether oxygens (including phenoxy) is 1. The third kappa shape index (κ3) is 3.41. The average Bonchev–Trinajstić information content (AvgIpc) is 2.15. The van der Waals surface area contributed by atoms with Crippen LogP contribution in [0.4, 0.5) is 0 Å². The van der Waals surface area contributed by atoms with E-state index < -0.39 is 35.9 Å². The maximum Gasteiger partial charge on any atom is 0.375 e. The maximum absolute atomic E-state index is 11.2. The van der Waals surface area contributed by atoms with Crippen molar-refractivity contribution in [3.05, 3.63) is 0 Å². The third-order valence-electron chi connectivity index (χ3n) is 1.55. The Labute approximate surface area is 90.7 Å². The van der Waals surface area contributed by atoms with Crippen LogP contribution in [0, 0.1) is 0 Å². The van der Waals surface area contributed by atoms with Crippen LogP contribution in [0.15, 0.2) is 0 Å². The highest BCUT2D eigenvalue weighted by molar-refractivity contribution is 6.10. The number of esters is 2. The molecule has 0 saturated heterocycles. The summed E-state index contributed by atoms with van der Waals surface area (Å²) in [7, 11) is 0. The Morgan fingerprint density at radius 3 is 2.12 bits per heavy atom. The fraction of sp³-hybridized carbons (Fsp3) is 0.500. The van der Waals surface area contributed by atoms with Crippen LogP contribution in [0.3, 0.4) is 0 Å². The van der Waals surface area contributed by atoms with E-state index in [9.17, 15) is 24.3 Å². The lowest BCUT2D eigenvalue weighted by atomic mass is 10.1. The summed E-state index contributed by atoms with van der Waals surface area (Å²) in [6.07, 6.45) is 0. The van der Waals surface area contributed by atoms with Crippen LogP contribution < -0.4 is 11.1 Å². The minimum absolute atomic E-state index is 0.539. The molecule has 1 unspecified atom stereocenters. The Balaban J connectivity index is 4.96. The van der Waals surface area contributed by atoms with Crippen molar-refractivity contribution >= 4 is 23.6 Å². The van der Waals surface area contributed by atoms with Crippen LogP contribution in [0.5, 0.6) is 0 Å². The summed E-state index contributed by atoms with van der Waals surface area (Å²) >= 11 is 0. The number of hydrogen-bond donors (Lipinski definition) is 3. The maximum atomic E-state index is 11.2. The van der Waals surface area contributed by atoms with Crippen molar-refractivity contribution in [2.45, 2.75) is 19.6 Å². The molecule has 1 atom stereocenters. The Kier molecular flexibility index (Phi) is 4.73. The predicted molar refractivity (Wildman–Crippen MR) is 49.6 cm³/mol. The van der Waals surface area contributed by atoms with Crippen molar-refractivity contribution in [2.75, 3.05) is 6.54 Å². The quantitative estimate of drug-likeness (QED) is 0.275. The highest BCUT2D eigenvalue weighted by Gasteiger charge is 2.45. The first-order valence-electron chi connectivity index (χ1n) is 4.21. The molecule has 16 heavy (non-hydrogen) atoms. The largest absolute Gasteiger partial charge is 0.389 e. The van der Waals surface area contributed by atoms with Gasteiger partial charge in [-0.3, -0.25) is 14.4 Å². The highest BCUT2D eigenvalue weighted by atomic mass is 16.6. The van der Waals surface area contributed by atoms with E-state index in [4.69, 9.17) is 5.73 Å². The molecule has 0 aromatic carbocycles. The molecule has 0 aliphatic rings. The number of carbonyl (C=O) groups excluding carboxylic acids is 4. The molecule has 0 aliphatic carbocycles. The van der Waals surface area contributed by atoms with Crippen LogP contribution >= 0.6 is 0 Å². The minimum Gasteiger partial charge on any atom is -0.389 e. The number of aliphatic hydroxyl groups is 1. The van der Waals surface area contributed by atoms with Gasteiger partial charge >= 0.3 is 11.9 Å². The molecule has 0 aromatic heterocycles. The first-order chi connectivity index (χ1) is 7.24. The summed E-state index contributed by atoms with van der Waals surface area (Å²) in [5, 5.41) is 11.2. The number of rotatable bonds is 4. The van der Waals surface area contributed by atoms with Gasteiger partial charge in [-0.1, -0.05) is 0 Å². The number of amides is 1. The van der Waals surface area contributed by atoms with Gasteiger partial charge in [0.25, 0.3) is 5.72 Å². The Bertz CT molecular complexity index is 339. The van der Waals surface area contributed by atoms with Gasteiger partial charge in [0.05, 0.1) is 6.54 Å². The zero-order valence-electron chi connectivity index (χ0n) is 8.77. The first kappa shape index (κ1) is 14.2. The van der Waals surface area contributed by atoms with E-state index in [1.807, 2.05) is 0 Å². The first-order valence-corrected chi connectivity index (χ1v) is 4.21. The zero-order valence-corrected chi connectivity index (χ0v) is 8.77. The van der Waals surface area contributed by atoms with Gasteiger partial charge in [-0.2, -0.15) is 0 Å². The molecule has 0 radical (unpaired) electrons. The number of ketones is 1. The summed E-state index contributed by atoms with van der Waals surface area (Å²) in [6, 6.07) is 0. The summed E-state index contributed by atoms with van der Waals surface area (Å²) < 4.78 is 4.02. The SMILES string of the molecule is CC(=O)OC(=O)C(O)(NC(=O)CN)C(C)=O. The summed E-state index contributed by atoms with van der Waals surface area (Å²) in [5.41, 5.74) is 2.04. The molecule has 1 amide bonds. The van der Waals surface area contributed by atoms with E-state index >= 15 is 0 Å². The Hall–Kier alpha value is -1.80. The lowest BCUT2D eigenvalue weighted by Gasteiger charge is -2.22. The van der Waals surface area contributed by atoms with Crippen molar-refractivity contribution in [2.24, 2.45) is 5.73 Å². The van der Waals surface area contributed by atoms with Crippen molar-refractivity contribution < 1.29 is 29.0 Å². The number of Topliss-reactive ketones (excluding diaryl/α,β-unsaturated/α-hetero) is 1. The standard InChI is InChI=1S/C8H12N2O6/c1-4(11)8(15,10-6(13)3-9)7(14)16-5(2)12/h15H,3,9H2,1-2H3,(H,10,13). The molecule has 0 heterocycles. The second kappa shape index (κ2) is 5.33. The van der Waals surface area contributed by atoms with Crippen molar-refractivity contribution in [3.8, 4) is 0 Å². The molecular weight excluding hydrogens is 220 g/mol. The molecule has 0 spiro atoms. The summed E-state index contributed by atoms with van der Waals surface area (Å²) in [4.78, 5) is 43.6. The van der Waals surface area contributed by atoms with Gasteiger partial charge in [-0.15, -0.1) is 0 Å². The molecule has 0 bridgehead atoms. The monoisotopic (exact) mass is 232 g/mol. The van der Waals surface area contributed by atoms with Crippen molar-refractivity contribution in [1.82, 2.24) is 5.32 Å². The van der Waals surface area contributed by atoms with E-state index in [2.05, 4.69) is 4.74 Å². The molecule has 8 nitrogen and oxygen atoms in total. The van der Waals surface area contributed by atoms with Crippen LogP contribution in [0.1, 0.15) is 13.8 Å². The molecule has 0 fully saturated rings. The van der Waals surface area contributed by atoms with Gasteiger partial charge in [0, 0.05) is 13.8 Å². The van der Waals surface area contributed by atoms with Crippen LogP contribution in [-0.4, -0.2) is 41.0 Å². The number of nitrogens with two attached hydrogens (primary N) is 1. The molecule has 0 aliphatic heterocycles. The predicted octanol–water partition coefficient (Wildman–Crippen LogP) is -2.57. The topological polar surface area (TPSA) is 136 Å². The lowest BCUT2D eigenvalue weighted by Crippen LogP contribution is -2.61. The summed E-state index contributed by atoms with van der Waals surface area (Å²) in [6.45, 7) is 1.21. The second-order valence-corrected chi connectivity index (χ2v) is 2.90. The highest BCUT2D eigenvalue weighted by Crippen LogP contribution is 2.05. The smallest absolute Gasteiger partial charge is 0.375 e. The van der Waals surface area contributed by atoms with Crippen LogP contribution in [-0.2, 0) is 23.9 Å². The lowest BCUT2D eigenvalue weighted by molar-refractivity contribution is -0.179. The van der Waals surface area contributed by atoms with E-state index in [-0.39, 0.29) is 0 Å².